The molecular formula is C18H32N2. The molecule has 20 heavy (non-hydrogen) atoms. The van der Waals surface area contributed by atoms with Crippen LogP contribution in [0.25, 0.3) is 0 Å². The lowest BCUT2D eigenvalue weighted by Crippen LogP contribution is -2.37. The Morgan fingerprint density at radius 3 is 2.25 bits per heavy atom. The van der Waals surface area contributed by atoms with Crippen molar-refractivity contribution < 1.29 is 0 Å². The Balaban J connectivity index is 2.99. The average Bonchev–Trinajstić information content (AvgIpc) is 2.46. The Kier molecular flexibility index (Phi) is 7.25. The van der Waals surface area contributed by atoms with Crippen LogP contribution in [-0.4, -0.2) is 24.5 Å². The van der Waals surface area contributed by atoms with Gasteiger partial charge in [-0.1, -0.05) is 57.4 Å². The summed E-state index contributed by atoms with van der Waals surface area (Å²) in [7, 11) is 0. The molecule has 0 saturated heterocycles. The third kappa shape index (κ3) is 4.32. The summed E-state index contributed by atoms with van der Waals surface area (Å²) in [5.74, 6) is 0.772. The van der Waals surface area contributed by atoms with E-state index in [1.807, 2.05) is 0 Å². The van der Waals surface area contributed by atoms with Crippen LogP contribution in [0.5, 0.6) is 0 Å². The highest BCUT2D eigenvalue weighted by Gasteiger charge is 2.21. The molecule has 0 aliphatic heterocycles. The van der Waals surface area contributed by atoms with Crippen molar-refractivity contribution in [2.45, 2.75) is 53.5 Å². The molecule has 0 radical (unpaired) electrons. The van der Waals surface area contributed by atoms with Crippen molar-refractivity contribution in [3.8, 4) is 0 Å². The van der Waals surface area contributed by atoms with E-state index in [1.165, 1.54) is 29.5 Å². The van der Waals surface area contributed by atoms with Gasteiger partial charge in [-0.05, 0) is 37.4 Å². The first-order valence-corrected chi connectivity index (χ1v) is 8.08. The summed E-state index contributed by atoms with van der Waals surface area (Å²) >= 11 is 0. The minimum atomic E-state index is 0.348. The van der Waals surface area contributed by atoms with E-state index >= 15 is 0 Å². The molecule has 1 aromatic carbocycles. The van der Waals surface area contributed by atoms with Crippen molar-refractivity contribution in [2.75, 3.05) is 19.6 Å². The first-order chi connectivity index (χ1) is 9.57. The highest BCUT2D eigenvalue weighted by Crippen LogP contribution is 2.26. The number of likely N-dealkylation sites (N-methyl/N-ethyl adjacent to an activating group) is 1. The highest BCUT2D eigenvalue weighted by molar-refractivity contribution is 5.33. The molecule has 1 aromatic rings. The number of rotatable bonds is 8. The SMILES string of the molecule is CCC(CC)CN(CC)C(CN)c1cc(C)ccc1C. The number of hydrogen-bond acceptors (Lipinski definition) is 2. The van der Waals surface area contributed by atoms with Crippen LogP contribution >= 0.6 is 0 Å². The third-order valence-electron chi connectivity index (χ3n) is 4.51. The molecule has 0 saturated carbocycles. The summed E-state index contributed by atoms with van der Waals surface area (Å²) in [5, 5.41) is 0. The molecule has 2 heteroatoms. The van der Waals surface area contributed by atoms with Gasteiger partial charge in [0.2, 0.25) is 0 Å². The van der Waals surface area contributed by atoms with Crippen LogP contribution in [0.1, 0.15) is 56.3 Å². The zero-order chi connectivity index (χ0) is 15.1. The first kappa shape index (κ1) is 17.2. The summed E-state index contributed by atoms with van der Waals surface area (Å²) in [6.45, 7) is 14.1. The van der Waals surface area contributed by atoms with E-state index in [9.17, 15) is 0 Å². The molecular weight excluding hydrogens is 244 g/mol. The first-order valence-electron chi connectivity index (χ1n) is 8.08. The lowest BCUT2D eigenvalue weighted by Gasteiger charge is -2.34. The average molecular weight is 276 g/mol. The second-order valence-corrected chi connectivity index (χ2v) is 5.88. The lowest BCUT2D eigenvalue weighted by atomic mass is 9.95. The maximum absolute atomic E-state index is 6.12. The predicted molar refractivity (Wildman–Crippen MR) is 89.0 cm³/mol. The van der Waals surface area contributed by atoms with E-state index in [0.29, 0.717) is 12.6 Å². The van der Waals surface area contributed by atoms with Gasteiger partial charge in [-0.25, -0.2) is 0 Å². The van der Waals surface area contributed by atoms with E-state index in [4.69, 9.17) is 5.73 Å². The van der Waals surface area contributed by atoms with Crippen molar-refractivity contribution >= 4 is 0 Å². The van der Waals surface area contributed by atoms with E-state index in [2.05, 4.69) is 57.7 Å². The Labute approximate surface area is 125 Å². The maximum Gasteiger partial charge on any atom is 0.0473 e. The summed E-state index contributed by atoms with van der Waals surface area (Å²) in [6, 6.07) is 7.06. The van der Waals surface area contributed by atoms with E-state index in [0.717, 1.165) is 19.0 Å². The molecule has 0 aliphatic carbocycles. The number of nitrogens with zero attached hydrogens (tertiary/aromatic N) is 1. The van der Waals surface area contributed by atoms with Crippen LogP contribution in [-0.2, 0) is 0 Å². The smallest absolute Gasteiger partial charge is 0.0473 e. The molecule has 0 aliphatic rings. The zero-order valence-corrected chi connectivity index (χ0v) is 13.9. The van der Waals surface area contributed by atoms with Gasteiger partial charge in [0.1, 0.15) is 0 Å². The largest absolute Gasteiger partial charge is 0.329 e. The second kappa shape index (κ2) is 8.43. The van der Waals surface area contributed by atoms with Crippen molar-refractivity contribution in [2.24, 2.45) is 11.7 Å². The van der Waals surface area contributed by atoms with Crippen LogP contribution in [0.2, 0.25) is 0 Å². The molecule has 2 N–H and O–H groups in total. The van der Waals surface area contributed by atoms with Crippen LogP contribution in [0.4, 0.5) is 0 Å². The minimum Gasteiger partial charge on any atom is -0.329 e. The van der Waals surface area contributed by atoms with E-state index < -0.39 is 0 Å². The van der Waals surface area contributed by atoms with Gasteiger partial charge in [-0.3, -0.25) is 4.90 Å². The van der Waals surface area contributed by atoms with Crippen molar-refractivity contribution in [1.29, 1.82) is 0 Å². The van der Waals surface area contributed by atoms with Gasteiger partial charge in [0, 0.05) is 19.1 Å². The molecule has 114 valence electrons. The molecule has 0 amide bonds. The Morgan fingerprint density at radius 2 is 1.75 bits per heavy atom. The predicted octanol–water partition coefficient (Wildman–Crippen LogP) is 4.06. The molecule has 0 bridgehead atoms. The van der Waals surface area contributed by atoms with Crippen molar-refractivity contribution in [1.82, 2.24) is 4.90 Å². The summed E-state index contributed by atoms with van der Waals surface area (Å²) in [6.07, 6.45) is 2.49. The van der Waals surface area contributed by atoms with Gasteiger partial charge in [0.05, 0.1) is 0 Å². The van der Waals surface area contributed by atoms with Gasteiger partial charge < -0.3 is 5.73 Å². The standard InChI is InChI=1S/C18H32N2/c1-6-16(7-2)13-20(8-3)18(12-19)17-11-14(4)9-10-15(17)5/h9-11,16,18H,6-8,12-13,19H2,1-5H3. The van der Waals surface area contributed by atoms with Crippen LogP contribution in [0.3, 0.4) is 0 Å². The Hall–Kier alpha value is -0.860. The van der Waals surface area contributed by atoms with Crippen LogP contribution < -0.4 is 5.73 Å². The number of benzene rings is 1. The Morgan fingerprint density at radius 1 is 1.10 bits per heavy atom. The van der Waals surface area contributed by atoms with Gasteiger partial charge in [0.15, 0.2) is 0 Å². The third-order valence-corrected chi connectivity index (χ3v) is 4.51. The van der Waals surface area contributed by atoms with Crippen LogP contribution in [0.15, 0.2) is 18.2 Å². The summed E-state index contributed by atoms with van der Waals surface area (Å²) in [5.41, 5.74) is 10.2. The van der Waals surface area contributed by atoms with Gasteiger partial charge >= 0.3 is 0 Å². The van der Waals surface area contributed by atoms with Crippen molar-refractivity contribution in [3.05, 3.63) is 34.9 Å². The normalized spacial score (nSPS) is 13.2. The van der Waals surface area contributed by atoms with Crippen LogP contribution in [0, 0.1) is 19.8 Å². The minimum absolute atomic E-state index is 0.348. The van der Waals surface area contributed by atoms with Gasteiger partial charge in [0.25, 0.3) is 0 Å². The monoisotopic (exact) mass is 276 g/mol. The number of aryl methyl sites for hydroxylation is 2. The lowest BCUT2D eigenvalue weighted by molar-refractivity contribution is 0.174. The molecule has 1 unspecified atom stereocenters. The summed E-state index contributed by atoms with van der Waals surface area (Å²) in [4.78, 5) is 2.55. The van der Waals surface area contributed by atoms with Crippen molar-refractivity contribution in [3.63, 3.8) is 0 Å². The zero-order valence-electron chi connectivity index (χ0n) is 13.9. The molecule has 1 rings (SSSR count). The van der Waals surface area contributed by atoms with Gasteiger partial charge in [-0.2, -0.15) is 0 Å². The number of hydrogen-bond donors (Lipinski definition) is 1. The second-order valence-electron chi connectivity index (χ2n) is 5.88. The van der Waals surface area contributed by atoms with Gasteiger partial charge in [-0.15, -0.1) is 0 Å². The molecule has 0 fully saturated rings. The highest BCUT2D eigenvalue weighted by atomic mass is 15.2. The summed E-state index contributed by atoms with van der Waals surface area (Å²) < 4.78 is 0. The maximum atomic E-state index is 6.12. The molecule has 0 aromatic heterocycles. The molecule has 0 spiro atoms. The molecule has 2 nitrogen and oxygen atoms in total. The number of nitrogens with two attached hydrogens (primary N) is 1. The van der Waals surface area contributed by atoms with E-state index in [-0.39, 0.29) is 0 Å². The fourth-order valence-corrected chi connectivity index (χ4v) is 2.95. The fourth-order valence-electron chi connectivity index (χ4n) is 2.95. The Bertz CT molecular complexity index is 396. The molecule has 0 heterocycles. The topological polar surface area (TPSA) is 29.3 Å². The quantitative estimate of drug-likeness (QED) is 0.776. The van der Waals surface area contributed by atoms with E-state index in [1.54, 1.807) is 0 Å². The fraction of sp³-hybridized carbons (Fsp3) is 0.667. The molecule has 1 atom stereocenters.